The number of urea groups is 1. The first-order chi connectivity index (χ1) is 6.75. The third kappa shape index (κ3) is 2.62. The van der Waals surface area contributed by atoms with Crippen LogP contribution >= 0.6 is 0 Å². The Morgan fingerprint density at radius 3 is 2.57 bits per heavy atom. The summed E-state index contributed by atoms with van der Waals surface area (Å²) in [6, 6.07) is 9.34. The first kappa shape index (κ1) is 10.3. The minimum Gasteiger partial charge on any atom is -0.315 e. The number of carbonyl (C=O) groups excluding carboxylic acids is 1. The number of anilines is 1. The van der Waals surface area contributed by atoms with E-state index in [0.29, 0.717) is 0 Å². The van der Waals surface area contributed by atoms with Gasteiger partial charge in [-0.25, -0.2) is 4.79 Å². The first-order valence-corrected chi connectivity index (χ1v) is 4.46. The molecule has 3 nitrogen and oxygen atoms in total. The number of rotatable bonds is 2. The summed E-state index contributed by atoms with van der Waals surface area (Å²) in [5.41, 5.74) is 0.870. The largest absolute Gasteiger partial charge is 0.325 e. The van der Waals surface area contributed by atoms with Crippen LogP contribution in [0.2, 0.25) is 0 Å². The number of para-hydroxylation sites is 1. The topological polar surface area (TPSA) is 32.3 Å². The maximum Gasteiger partial charge on any atom is 0.325 e. The number of benzene rings is 1. The van der Waals surface area contributed by atoms with Crippen LogP contribution in [0.5, 0.6) is 0 Å². The molecule has 1 rings (SSSR count). The van der Waals surface area contributed by atoms with Gasteiger partial charge in [0.05, 0.1) is 0 Å². The Hall–Kier alpha value is -1.77. The van der Waals surface area contributed by atoms with E-state index in [4.69, 9.17) is 0 Å². The lowest BCUT2D eigenvalue weighted by Crippen LogP contribution is -2.34. The fourth-order valence-corrected chi connectivity index (χ4v) is 1.02. The van der Waals surface area contributed by atoms with E-state index in [-0.39, 0.29) is 6.03 Å². The van der Waals surface area contributed by atoms with Crippen LogP contribution in [-0.2, 0) is 0 Å². The van der Waals surface area contributed by atoms with Gasteiger partial charge in [0.2, 0.25) is 0 Å². The fraction of sp³-hybridized carbons (Fsp3) is 0.182. The van der Waals surface area contributed by atoms with Crippen molar-refractivity contribution in [2.45, 2.75) is 6.92 Å². The average Bonchev–Trinajstić information content (AvgIpc) is 2.26. The minimum atomic E-state index is -0.144. The summed E-state index contributed by atoms with van der Waals surface area (Å²) in [5, 5.41) is 2.64. The molecule has 0 fully saturated rings. The molecule has 0 bridgehead atoms. The number of amides is 2. The summed E-state index contributed by atoms with van der Waals surface area (Å²) in [6.45, 7) is 1.85. The van der Waals surface area contributed by atoms with Crippen LogP contribution in [0, 0.1) is 0 Å². The molecule has 0 unspecified atom stereocenters. The summed E-state index contributed by atoms with van der Waals surface area (Å²) in [7, 11) is 1.73. The molecule has 0 aliphatic heterocycles. The van der Waals surface area contributed by atoms with Gasteiger partial charge in [-0.2, -0.15) is 0 Å². The highest BCUT2D eigenvalue weighted by atomic mass is 16.2. The molecule has 0 spiro atoms. The molecular formula is C11H14N2O. The molecule has 2 amide bonds. The fourth-order valence-electron chi connectivity index (χ4n) is 1.02. The van der Waals surface area contributed by atoms with E-state index < -0.39 is 0 Å². The lowest BCUT2D eigenvalue weighted by Gasteiger charge is -2.16. The van der Waals surface area contributed by atoms with Gasteiger partial charge >= 0.3 is 6.03 Å². The number of hydrogen-bond acceptors (Lipinski definition) is 1. The lowest BCUT2D eigenvalue weighted by molar-refractivity contribution is 0.250. The smallest absolute Gasteiger partial charge is 0.315 e. The number of nitrogens with one attached hydrogen (secondary N) is 1. The van der Waals surface area contributed by atoms with E-state index >= 15 is 0 Å². The van der Waals surface area contributed by atoms with Gasteiger partial charge in [0.25, 0.3) is 0 Å². The molecule has 0 saturated carbocycles. The molecule has 0 saturated heterocycles. The molecule has 1 N–H and O–H groups in total. The van der Waals surface area contributed by atoms with Crippen molar-refractivity contribution in [1.29, 1.82) is 0 Å². The molecule has 0 atom stereocenters. The molecule has 1 aromatic rings. The second kappa shape index (κ2) is 5.07. The molecule has 74 valence electrons. The summed E-state index contributed by atoms with van der Waals surface area (Å²) in [5.74, 6) is 0. The van der Waals surface area contributed by atoms with Gasteiger partial charge in [0.1, 0.15) is 0 Å². The molecular weight excluding hydrogens is 176 g/mol. The van der Waals surface area contributed by atoms with Crippen LogP contribution in [-0.4, -0.2) is 13.1 Å². The van der Waals surface area contributed by atoms with Crippen LogP contribution in [0.1, 0.15) is 6.92 Å². The van der Waals surface area contributed by atoms with Gasteiger partial charge in [-0.15, -0.1) is 0 Å². The van der Waals surface area contributed by atoms with Crippen molar-refractivity contribution in [3.05, 3.63) is 42.6 Å². The third-order valence-corrected chi connectivity index (χ3v) is 1.82. The Morgan fingerprint density at radius 2 is 2.00 bits per heavy atom. The molecule has 0 aromatic heterocycles. The van der Waals surface area contributed by atoms with E-state index in [0.717, 1.165) is 5.69 Å². The van der Waals surface area contributed by atoms with E-state index in [9.17, 15) is 4.79 Å². The van der Waals surface area contributed by atoms with Gasteiger partial charge in [-0.3, -0.25) is 4.90 Å². The van der Waals surface area contributed by atoms with Gasteiger partial charge < -0.3 is 5.32 Å². The van der Waals surface area contributed by atoms with Crippen molar-refractivity contribution in [3.63, 3.8) is 0 Å². The highest BCUT2D eigenvalue weighted by Gasteiger charge is 2.07. The zero-order valence-electron chi connectivity index (χ0n) is 8.40. The average molecular weight is 190 g/mol. The Kier molecular flexibility index (Phi) is 3.73. The number of nitrogens with zero attached hydrogens (tertiary/aromatic N) is 1. The molecule has 0 aliphatic rings. The van der Waals surface area contributed by atoms with Crippen molar-refractivity contribution in [2.75, 3.05) is 11.9 Å². The highest BCUT2D eigenvalue weighted by Crippen LogP contribution is 2.10. The monoisotopic (exact) mass is 190 g/mol. The van der Waals surface area contributed by atoms with E-state index in [1.165, 1.54) is 0 Å². The van der Waals surface area contributed by atoms with Crippen molar-refractivity contribution >= 4 is 11.7 Å². The molecule has 14 heavy (non-hydrogen) atoms. The molecule has 0 radical (unpaired) electrons. The zero-order valence-corrected chi connectivity index (χ0v) is 8.40. The molecule has 1 aromatic carbocycles. The summed E-state index contributed by atoms with van der Waals surface area (Å²) in [6.07, 6.45) is 3.39. The summed E-state index contributed by atoms with van der Waals surface area (Å²) >= 11 is 0. The van der Waals surface area contributed by atoms with E-state index in [1.807, 2.05) is 37.3 Å². The Balaban J connectivity index is 2.66. The van der Waals surface area contributed by atoms with E-state index in [2.05, 4.69) is 5.32 Å². The standard InChI is InChI=1S/C11H14N2O/c1-3-9-12-11(14)13(2)10-7-5-4-6-8-10/h3-9H,1-2H3,(H,12,14)/b9-3+. The second-order valence-corrected chi connectivity index (χ2v) is 2.84. The van der Waals surface area contributed by atoms with Crippen LogP contribution in [0.4, 0.5) is 10.5 Å². The highest BCUT2D eigenvalue weighted by molar-refractivity contribution is 5.91. The van der Waals surface area contributed by atoms with E-state index in [1.54, 1.807) is 24.2 Å². The zero-order chi connectivity index (χ0) is 10.4. The number of allylic oxidation sites excluding steroid dienone is 1. The maximum atomic E-state index is 11.5. The predicted octanol–water partition coefficient (Wildman–Crippen LogP) is 2.37. The van der Waals surface area contributed by atoms with Gasteiger partial charge in [-0.1, -0.05) is 24.3 Å². The minimum absolute atomic E-state index is 0.144. The SMILES string of the molecule is C/C=C/NC(=O)N(C)c1ccccc1. The first-order valence-electron chi connectivity index (χ1n) is 4.46. The molecule has 3 heteroatoms. The summed E-state index contributed by atoms with van der Waals surface area (Å²) < 4.78 is 0. The van der Waals surface area contributed by atoms with Gasteiger partial charge in [0.15, 0.2) is 0 Å². The lowest BCUT2D eigenvalue weighted by atomic mass is 10.3. The Bertz CT molecular complexity index is 319. The van der Waals surface area contributed by atoms with Crippen molar-refractivity contribution in [2.24, 2.45) is 0 Å². The van der Waals surface area contributed by atoms with Crippen LogP contribution in [0.15, 0.2) is 42.6 Å². The van der Waals surface area contributed by atoms with Gasteiger partial charge in [0, 0.05) is 18.9 Å². The normalized spacial score (nSPS) is 10.1. The van der Waals surface area contributed by atoms with Crippen LogP contribution < -0.4 is 10.2 Å². The van der Waals surface area contributed by atoms with Crippen molar-refractivity contribution in [1.82, 2.24) is 5.32 Å². The van der Waals surface area contributed by atoms with Gasteiger partial charge in [-0.05, 0) is 19.1 Å². The third-order valence-electron chi connectivity index (χ3n) is 1.82. The van der Waals surface area contributed by atoms with Crippen LogP contribution in [0.3, 0.4) is 0 Å². The van der Waals surface area contributed by atoms with Crippen molar-refractivity contribution < 1.29 is 4.79 Å². The maximum absolute atomic E-state index is 11.5. The predicted molar refractivity (Wildman–Crippen MR) is 58.2 cm³/mol. The number of hydrogen-bond donors (Lipinski definition) is 1. The van der Waals surface area contributed by atoms with Crippen LogP contribution in [0.25, 0.3) is 0 Å². The molecule has 0 heterocycles. The second-order valence-electron chi connectivity index (χ2n) is 2.84. The molecule has 0 aliphatic carbocycles. The Labute approximate surface area is 84.0 Å². The summed E-state index contributed by atoms with van der Waals surface area (Å²) in [4.78, 5) is 13.0. The Morgan fingerprint density at radius 1 is 1.36 bits per heavy atom. The number of carbonyl (C=O) groups is 1. The van der Waals surface area contributed by atoms with Crippen molar-refractivity contribution in [3.8, 4) is 0 Å². The quantitative estimate of drug-likeness (QED) is 0.762.